The van der Waals surface area contributed by atoms with Gasteiger partial charge < -0.3 is 15.2 Å². The van der Waals surface area contributed by atoms with E-state index in [0.717, 1.165) is 10.4 Å². The monoisotopic (exact) mass is 365 g/mol. The van der Waals surface area contributed by atoms with Gasteiger partial charge in [-0.05, 0) is 25.0 Å². The minimum absolute atomic E-state index is 0.0820. The smallest absolute Gasteiger partial charge is 0.341 e. The lowest BCUT2D eigenvalue weighted by Gasteiger charge is -2.08. The fourth-order valence-electron chi connectivity index (χ4n) is 2.48. The number of ether oxygens (including phenoxy) is 1. The number of carboxylic acids is 1. The van der Waals surface area contributed by atoms with Gasteiger partial charge >= 0.3 is 11.9 Å². The number of carbonyl (C=O) groups excluding carboxylic acids is 2. The zero-order valence-corrected chi connectivity index (χ0v) is 15.0. The first-order chi connectivity index (χ1) is 11.9. The Balaban J connectivity index is 2.29. The highest BCUT2D eigenvalue weighted by Crippen LogP contribution is 2.34. The van der Waals surface area contributed by atoms with Crippen LogP contribution in [0.1, 0.15) is 44.6 Å². The Hall–Kier alpha value is -2.68. The molecule has 25 heavy (non-hydrogen) atoms. The lowest BCUT2D eigenvalue weighted by Crippen LogP contribution is -2.19. The standard InChI is InChI=1S/C16H19N3O5S/c1-4-10-9(2)25-15(13(10)16(23)24-3)18-14(22)11-5-7-17-19(11)8-6-12(20)21/h5,7H,4,6,8H2,1-3H3,(H,18,22)(H,20,21). The van der Waals surface area contributed by atoms with E-state index in [1.54, 1.807) is 0 Å². The third kappa shape index (κ3) is 4.05. The predicted octanol–water partition coefficient (Wildman–Crippen LogP) is 2.33. The molecule has 2 N–H and O–H groups in total. The summed E-state index contributed by atoms with van der Waals surface area (Å²) < 4.78 is 6.15. The summed E-state index contributed by atoms with van der Waals surface area (Å²) in [6.45, 7) is 3.88. The first kappa shape index (κ1) is 18.7. The number of aromatic nitrogens is 2. The minimum atomic E-state index is -0.976. The fraction of sp³-hybridized carbons (Fsp3) is 0.375. The minimum Gasteiger partial charge on any atom is -0.481 e. The molecule has 0 aliphatic carbocycles. The molecule has 0 unspecified atom stereocenters. The summed E-state index contributed by atoms with van der Waals surface area (Å²) in [4.78, 5) is 36.3. The molecule has 0 bridgehead atoms. The van der Waals surface area contributed by atoms with Gasteiger partial charge in [0.1, 0.15) is 10.7 Å². The van der Waals surface area contributed by atoms with Crippen LogP contribution in [0.4, 0.5) is 5.00 Å². The van der Waals surface area contributed by atoms with Gasteiger partial charge in [-0.15, -0.1) is 11.3 Å². The van der Waals surface area contributed by atoms with Crippen LogP contribution in [0.15, 0.2) is 12.3 Å². The van der Waals surface area contributed by atoms with Gasteiger partial charge in [0.15, 0.2) is 0 Å². The number of thiophene rings is 1. The number of hydrogen-bond acceptors (Lipinski definition) is 6. The summed E-state index contributed by atoms with van der Waals surface area (Å²) >= 11 is 1.30. The number of rotatable bonds is 7. The molecule has 134 valence electrons. The largest absolute Gasteiger partial charge is 0.481 e. The van der Waals surface area contributed by atoms with E-state index < -0.39 is 17.8 Å². The summed E-state index contributed by atoms with van der Waals surface area (Å²) in [5.74, 6) is -1.94. The van der Waals surface area contributed by atoms with E-state index in [1.807, 2.05) is 13.8 Å². The predicted molar refractivity (Wildman–Crippen MR) is 92.2 cm³/mol. The molecule has 0 aliphatic rings. The molecule has 2 rings (SSSR count). The Labute approximate surface area is 148 Å². The number of nitrogens with one attached hydrogen (secondary N) is 1. The van der Waals surface area contributed by atoms with E-state index in [4.69, 9.17) is 9.84 Å². The zero-order valence-electron chi connectivity index (χ0n) is 14.2. The van der Waals surface area contributed by atoms with Crippen molar-refractivity contribution in [3.63, 3.8) is 0 Å². The van der Waals surface area contributed by atoms with E-state index in [9.17, 15) is 14.4 Å². The molecular formula is C16H19N3O5S. The van der Waals surface area contributed by atoms with Crippen LogP contribution in [0.3, 0.4) is 0 Å². The Morgan fingerprint density at radius 2 is 2.12 bits per heavy atom. The maximum Gasteiger partial charge on any atom is 0.341 e. The molecule has 0 fully saturated rings. The quantitative estimate of drug-likeness (QED) is 0.729. The Bertz CT molecular complexity index is 809. The second-order valence-electron chi connectivity index (χ2n) is 5.22. The van der Waals surface area contributed by atoms with Crippen molar-refractivity contribution in [3.8, 4) is 0 Å². The number of aliphatic carboxylic acids is 1. The molecule has 9 heteroatoms. The van der Waals surface area contributed by atoms with E-state index in [0.29, 0.717) is 17.0 Å². The van der Waals surface area contributed by atoms with Crippen molar-refractivity contribution in [2.24, 2.45) is 0 Å². The zero-order chi connectivity index (χ0) is 18.6. The topological polar surface area (TPSA) is 111 Å². The molecule has 2 heterocycles. The lowest BCUT2D eigenvalue weighted by atomic mass is 10.1. The highest BCUT2D eigenvalue weighted by Gasteiger charge is 2.24. The molecule has 2 aromatic heterocycles. The van der Waals surface area contributed by atoms with E-state index >= 15 is 0 Å². The molecule has 0 atom stereocenters. The average molecular weight is 365 g/mol. The number of aryl methyl sites for hydroxylation is 2. The molecule has 0 saturated carbocycles. The normalized spacial score (nSPS) is 10.5. The van der Waals surface area contributed by atoms with Crippen LogP contribution < -0.4 is 5.32 Å². The van der Waals surface area contributed by atoms with Gasteiger partial charge in [-0.2, -0.15) is 5.10 Å². The van der Waals surface area contributed by atoms with Crippen LogP contribution in [0.25, 0.3) is 0 Å². The van der Waals surface area contributed by atoms with Crippen molar-refractivity contribution in [1.29, 1.82) is 0 Å². The van der Waals surface area contributed by atoms with Gasteiger partial charge in [0.05, 0.1) is 25.6 Å². The van der Waals surface area contributed by atoms with Crippen LogP contribution in [0.2, 0.25) is 0 Å². The van der Waals surface area contributed by atoms with Crippen LogP contribution in [-0.2, 0) is 22.5 Å². The Kier molecular flexibility index (Phi) is 5.92. The average Bonchev–Trinajstić information content (AvgIpc) is 3.16. The number of carbonyl (C=O) groups is 3. The van der Waals surface area contributed by atoms with Crippen LogP contribution in [-0.4, -0.2) is 39.8 Å². The molecule has 0 spiro atoms. The van der Waals surface area contributed by atoms with Gasteiger partial charge in [0.25, 0.3) is 5.91 Å². The van der Waals surface area contributed by atoms with Crippen molar-refractivity contribution in [2.75, 3.05) is 12.4 Å². The molecule has 1 amide bonds. The molecule has 0 radical (unpaired) electrons. The van der Waals surface area contributed by atoms with Gasteiger partial charge in [-0.1, -0.05) is 6.92 Å². The maximum atomic E-state index is 12.5. The van der Waals surface area contributed by atoms with Gasteiger partial charge in [-0.3, -0.25) is 14.3 Å². The second-order valence-corrected chi connectivity index (χ2v) is 6.45. The highest BCUT2D eigenvalue weighted by molar-refractivity contribution is 7.16. The van der Waals surface area contributed by atoms with Gasteiger partial charge in [0, 0.05) is 11.1 Å². The van der Waals surface area contributed by atoms with E-state index in [2.05, 4.69) is 10.4 Å². The van der Waals surface area contributed by atoms with Crippen molar-refractivity contribution in [2.45, 2.75) is 33.2 Å². The van der Waals surface area contributed by atoms with Crippen molar-refractivity contribution >= 4 is 34.2 Å². The van der Waals surface area contributed by atoms with Crippen molar-refractivity contribution in [3.05, 3.63) is 34.0 Å². The number of nitrogens with zero attached hydrogens (tertiary/aromatic N) is 2. The third-order valence-electron chi connectivity index (χ3n) is 3.67. The third-order valence-corrected chi connectivity index (χ3v) is 4.73. The number of amides is 1. The summed E-state index contributed by atoms with van der Waals surface area (Å²) in [5, 5.41) is 15.9. The number of esters is 1. The summed E-state index contributed by atoms with van der Waals surface area (Å²) in [6, 6.07) is 1.50. The molecule has 2 aromatic rings. The summed E-state index contributed by atoms with van der Waals surface area (Å²) in [7, 11) is 1.29. The first-order valence-corrected chi connectivity index (χ1v) is 8.46. The van der Waals surface area contributed by atoms with E-state index in [1.165, 1.54) is 35.4 Å². The number of carboxylic acid groups (broad SMARTS) is 1. The van der Waals surface area contributed by atoms with E-state index in [-0.39, 0.29) is 18.7 Å². The number of anilines is 1. The van der Waals surface area contributed by atoms with Crippen LogP contribution >= 0.6 is 11.3 Å². The van der Waals surface area contributed by atoms with Crippen LogP contribution in [0.5, 0.6) is 0 Å². The molecule has 8 nitrogen and oxygen atoms in total. The number of hydrogen-bond donors (Lipinski definition) is 2. The number of methoxy groups -OCH3 is 1. The van der Waals surface area contributed by atoms with Crippen LogP contribution in [0, 0.1) is 6.92 Å². The highest BCUT2D eigenvalue weighted by atomic mass is 32.1. The first-order valence-electron chi connectivity index (χ1n) is 7.64. The molecule has 0 aliphatic heterocycles. The second kappa shape index (κ2) is 7.93. The summed E-state index contributed by atoms with van der Waals surface area (Å²) in [6.07, 6.45) is 1.92. The lowest BCUT2D eigenvalue weighted by molar-refractivity contribution is -0.137. The Morgan fingerprint density at radius 3 is 2.72 bits per heavy atom. The fourth-order valence-corrected chi connectivity index (χ4v) is 3.61. The van der Waals surface area contributed by atoms with Gasteiger partial charge in [0.2, 0.25) is 0 Å². The summed E-state index contributed by atoms with van der Waals surface area (Å²) in [5.41, 5.74) is 1.42. The molecule has 0 aromatic carbocycles. The Morgan fingerprint density at radius 1 is 1.40 bits per heavy atom. The SMILES string of the molecule is CCc1c(C)sc(NC(=O)c2ccnn2CCC(=O)O)c1C(=O)OC. The van der Waals surface area contributed by atoms with Crippen molar-refractivity contribution in [1.82, 2.24) is 9.78 Å². The molecule has 0 saturated heterocycles. The van der Waals surface area contributed by atoms with Crippen molar-refractivity contribution < 1.29 is 24.2 Å². The van der Waals surface area contributed by atoms with Gasteiger partial charge in [-0.25, -0.2) is 4.79 Å². The molecular weight excluding hydrogens is 346 g/mol. The maximum absolute atomic E-state index is 12.5.